The Morgan fingerprint density at radius 3 is 2.62 bits per heavy atom. The van der Waals surface area contributed by atoms with E-state index in [0.29, 0.717) is 59.4 Å². The van der Waals surface area contributed by atoms with Gasteiger partial charge in [0, 0.05) is 36.1 Å². The molecule has 0 amide bonds. The van der Waals surface area contributed by atoms with Crippen LogP contribution in [0.25, 0.3) is 0 Å². The van der Waals surface area contributed by atoms with Crippen LogP contribution in [0.1, 0.15) is 96.8 Å². The Hall–Kier alpha value is -5.14. The van der Waals surface area contributed by atoms with Crippen LogP contribution < -0.4 is 26.6 Å². The van der Waals surface area contributed by atoms with Crippen LogP contribution >= 0.6 is 0 Å². The number of unbranched alkanes of at least 4 members (excludes halogenated alkanes) is 4. The fourth-order valence-corrected chi connectivity index (χ4v) is 6.49. The number of nitrogens with one attached hydrogen (secondary N) is 1. The van der Waals surface area contributed by atoms with E-state index in [1.807, 2.05) is 43.5 Å². The second kappa shape index (κ2) is 18.9. The minimum atomic E-state index is -0.689. The lowest BCUT2D eigenvalue weighted by Crippen LogP contribution is -2.21. The number of aromatic hydroxyl groups is 2. The first-order chi connectivity index (χ1) is 25.2. The molecule has 1 atom stereocenters. The molecule has 0 aromatic heterocycles. The van der Waals surface area contributed by atoms with Gasteiger partial charge in [0.2, 0.25) is 0 Å². The molecule has 1 aliphatic carbocycles. The number of allylic oxidation sites excluding steroid dienone is 5. The Labute approximate surface area is 306 Å². The molecule has 3 aromatic carbocycles. The number of hydrogen-bond acceptors (Lipinski definition) is 9. The van der Waals surface area contributed by atoms with E-state index < -0.39 is 12.1 Å². The topological polar surface area (TPSA) is 166 Å². The molecule has 9 heteroatoms. The lowest BCUT2D eigenvalue weighted by atomic mass is 9.82. The molecule has 272 valence electrons. The van der Waals surface area contributed by atoms with Crippen LogP contribution in [0.2, 0.25) is 0 Å². The lowest BCUT2D eigenvalue weighted by Gasteiger charge is -2.27. The molecule has 1 aliphatic heterocycles. The second-order valence-electron chi connectivity index (χ2n) is 13.3. The van der Waals surface area contributed by atoms with Crippen LogP contribution in [0.3, 0.4) is 0 Å². The van der Waals surface area contributed by atoms with E-state index in [9.17, 15) is 20.1 Å². The summed E-state index contributed by atoms with van der Waals surface area (Å²) in [5.74, 6) is 6.32. The average Bonchev–Trinajstić information content (AvgIpc) is 3.61. The minimum absolute atomic E-state index is 0.0201. The van der Waals surface area contributed by atoms with Gasteiger partial charge < -0.3 is 36.8 Å². The first-order valence-corrected chi connectivity index (χ1v) is 18.1. The number of nitrogens with zero attached hydrogens (tertiary/aromatic N) is 1. The molecule has 0 spiro atoms. The van der Waals surface area contributed by atoms with Crippen molar-refractivity contribution in [2.24, 2.45) is 16.5 Å². The summed E-state index contributed by atoms with van der Waals surface area (Å²) in [6.07, 6.45) is 13.7. The SMILES string of the molecule is CNCCCCCC/C=C/C(=O)CCc1ccc(O)c(OCCc2ccc(O)c([C@H]3CC([O-])=C4C=CN=C4CC#Cc4cc(C(N)N)ccc43)c2)c1. The van der Waals surface area contributed by atoms with Crippen LogP contribution in [0.15, 0.2) is 95.3 Å². The summed E-state index contributed by atoms with van der Waals surface area (Å²) in [5.41, 5.74) is 17.7. The van der Waals surface area contributed by atoms with Gasteiger partial charge in [-0.1, -0.05) is 61.1 Å². The first-order valence-electron chi connectivity index (χ1n) is 18.1. The van der Waals surface area contributed by atoms with E-state index in [4.69, 9.17) is 16.2 Å². The summed E-state index contributed by atoms with van der Waals surface area (Å²) in [6.45, 7) is 1.29. The van der Waals surface area contributed by atoms with Gasteiger partial charge in [-0.15, -0.1) is 5.76 Å². The molecule has 0 fully saturated rings. The first kappa shape index (κ1) is 38.1. The number of carbonyl (C=O) groups is 1. The Morgan fingerprint density at radius 1 is 1.02 bits per heavy atom. The number of carbonyl (C=O) groups excluding carboxylic acids is 1. The molecule has 0 saturated heterocycles. The quantitative estimate of drug-likeness (QED) is 0.0516. The molecule has 0 saturated carbocycles. The van der Waals surface area contributed by atoms with Crippen molar-refractivity contribution >= 4 is 11.5 Å². The summed E-state index contributed by atoms with van der Waals surface area (Å²) in [4.78, 5) is 16.8. The number of hydrogen-bond donors (Lipinski definition) is 5. The van der Waals surface area contributed by atoms with E-state index in [1.54, 1.807) is 42.6 Å². The van der Waals surface area contributed by atoms with Crippen molar-refractivity contribution in [2.75, 3.05) is 20.2 Å². The number of phenolic OH excluding ortho intramolecular Hbond substituents is 2. The maximum atomic E-state index is 13.7. The third kappa shape index (κ3) is 10.5. The number of ketones is 1. The van der Waals surface area contributed by atoms with E-state index in [-0.39, 0.29) is 36.1 Å². The normalized spacial score (nSPS) is 15.3. The van der Waals surface area contributed by atoms with Gasteiger partial charge in [-0.3, -0.25) is 9.79 Å². The summed E-state index contributed by atoms with van der Waals surface area (Å²) in [6, 6.07) is 16.1. The van der Waals surface area contributed by atoms with Crippen molar-refractivity contribution in [1.29, 1.82) is 0 Å². The molecule has 1 heterocycles. The van der Waals surface area contributed by atoms with E-state index in [2.05, 4.69) is 22.2 Å². The molecular weight excluding hydrogens is 652 g/mol. The maximum Gasteiger partial charge on any atom is 0.161 e. The largest absolute Gasteiger partial charge is 0.875 e. The molecule has 5 rings (SSSR count). The number of rotatable bonds is 17. The number of ether oxygens (including phenoxy) is 1. The summed E-state index contributed by atoms with van der Waals surface area (Å²) in [5, 5.41) is 38.5. The molecule has 52 heavy (non-hydrogen) atoms. The van der Waals surface area contributed by atoms with Gasteiger partial charge >= 0.3 is 0 Å². The van der Waals surface area contributed by atoms with Gasteiger partial charge in [0.05, 0.1) is 24.9 Å². The standard InChI is InChI=1S/C43H50N4O5/c1-46-22-7-5-3-2-4-6-10-33(48)16-12-29-14-19-40(50)42(26-29)52-24-21-30-13-18-39(49)37(25-30)36-28-41(51)35-20-23-47-38(35)11-8-9-31-27-32(43(44)45)15-17-34(31)36/h6,10,13-15,17-20,23,25-27,36,43,46,49-51H,2-5,7,11-12,16,21-22,24,28,44-45H2,1H3/p-1/b10-6+,41-35?/t36-/m0/s1. The molecule has 0 radical (unpaired) electrons. The lowest BCUT2D eigenvalue weighted by molar-refractivity contribution is -0.307. The Morgan fingerprint density at radius 2 is 1.81 bits per heavy atom. The molecule has 0 unspecified atom stereocenters. The second-order valence-corrected chi connectivity index (χ2v) is 13.3. The van der Waals surface area contributed by atoms with Crippen LogP contribution in [0.5, 0.6) is 17.2 Å². The highest BCUT2D eigenvalue weighted by Crippen LogP contribution is 2.39. The van der Waals surface area contributed by atoms with Crippen LogP contribution in [-0.2, 0) is 17.6 Å². The number of phenols is 2. The van der Waals surface area contributed by atoms with Crippen LogP contribution in [0.4, 0.5) is 0 Å². The molecule has 7 N–H and O–H groups in total. The molecular formula is C43H49N4O5-. The highest BCUT2D eigenvalue weighted by atomic mass is 16.5. The van der Waals surface area contributed by atoms with Crippen molar-refractivity contribution < 1.29 is 24.9 Å². The minimum Gasteiger partial charge on any atom is -0.875 e. The number of fused-ring (bicyclic) bond motifs is 2. The van der Waals surface area contributed by atoms with E-state index >= 15 is 0 Å². The summed E-state index contributed by atoms with van der Waals surface area (Å²) >= 11 is 0. The van der Waals surface area contributed by atoms with Gasteiger partial charge in [0.1, 0.15) is 5.75 Å². The van der Waals surface area contributed by atoms with Crippen molar-refractivity contribution in [1.82, 2.24) is 5.32 Å². The molecule has 3 aromatic rings. The zero-order chi connectivity index (χ0) is 36.9. The van der Waals surface area contributed by atoms with Crippen LogP contribution in [0, 0.1) is 11.8 Å². The van der Waals surface area contributed by atoms with Gasteiger partial charge in [0.15, 0.2) is 17.3 Å². The van der Waals surface area contributed by atoms with Crippen molar-refractivity contribution in [3.63, 3.8) is 0 Å². The third-order valence-electron chi connectivity index (χ3n) is 9.44. The summed E-state index contributed by atoms with van der Waals surface area (Å²) < 4.78 is 6.02. The Kier molecular flexibility index (Phi) is 13.9. The smallest absolute Gasteiger partial charge is 0.161 e. The number of aliphatic imine (C=N–C) groups is 1. The van der Waals surface area contributed by atoms with Crippen LogP contribution in [-0.4, -0.2) is 41.9 Å². The highest BCUT2D eigenvalue weighted by molar-refractivity contribution is 6.06. The van der Waals surface area contributed by atoms with Gasteiger partial charge in [0.25, 0.3) is 0 Å². The maximum absolute atomic E-state index is 13.7. The predicted molar refractivity (Wildman–Crippen MR) is 204 cm³/mol. The molecule has 0 bridgehead atoms. The fourth-order valence-electron chi connectivity index (χ4n) is 6.49. The highest BCUT2D eigenvalue weighted by Gasteiger charge is 2.24. The molecule has 9 nitrogen and oxygen atoms in total. The van der Waals surface area contributed by atoms with Crippen molar-refractivity contribution in [3.05, 3.63) is 124 Å². The third-order valence-corrected chi connectivity index (χ3v) is 9.44. The molecule has 2 aliphatic rings. The zero-order valence-corrected chi connectivity index (χ0v) is 29.9. The number of nitrogens with two attached hydrogens (primary N) is 2. The van der Waals surface area contributed by atoms with Gasteiger partial charge in [-0.25, -0.2) is 0 Å². The van der Waals surface area contributed by atoms with Gasteiger partial charge in [-0.2, -0.15) is 0 Å². The van der Waals surface area contributed by atoms with Crippen molar-refractivity contribution in [2.45, 2.75) is 76.3 Å². The Bertz CT molecular complexity index is 1910. The number of benzene rings is 3. The van der Waals surface area contributed by atoms with Gasteiger partial charge in [-0.05, 0) is 110 Å². The van der Waals surface area contributed by atoms with Crippen molar-refractivity contribution in [3.8, 4) is 29.1 Å². The Balaban J connectivity index is 1.25. The zero-order valence-electron chi connectivity index (χ0n) is 29.9. The number of aryl methyl sites for hydroxylation is 1. The average molecular weight is 702 g/mol. The van der Waals surface area contributed by atoms with E-state index in [1.165, 1.54) is 12.8 Å². The monoisotopic (exact) mass is 701 g/mol. The summed E-state index contributed by atoms with van der Waals surface area (Å²) in [7, 11) is 1.96. The van der Waals surface area contributed by atoms with E-state index in [0.717, 1.165) is 42.5 Å². The fraction of sp³-hybridized carbons (Fsp3) is 0.349. The predicted octanol–water partition coefficient (Wildman–Crippen LogP) is 5.72.